The topological polar surface area (TPSA) is 64.8 Å². The fourth-order valence-corrected chi connectivity index (χ4v) is 2.78. The molecular weight excluding hydrogens is 331 g/mol. The molecule has 0 bridgehead atoms. The molecule has 0 saturated heterocycles. The van der Waals surface area contributed by atoms with Crippen LogP contribution in [0, 0.1) is 17.5 Å². The maximum absolute atomic E-state index is 13.8. The van der Waals surface area contributed by atoms with Crippen molar-refractivity contribution in [1.82, 2.24) is 14.8 Å². The van der Waals surface area contributed by atoms with Crippen molar-refractivity contribution in [3.63, 3.8) is 0 Å². The van der Waals surface area contributed by atoms with Crippen molar-refractivity contribution in [2.75, 3.05) is 0 Å². The molecular formula is C11H9ClF3N3O2S. The van der Waals surface area contributed by atoms with Crippen molar-refractivity contribution in [2.24, 2.45) is 0 Å². The molecule has 10 heteroatoms. The number of hydrogen-bond acceptors (Lipinski definition) is 4. The molecule has 0 N–H and O–H groups in total. The van der Waals surface area contributed by atoms with Crippen molar-refractivity contribution in [3.05, 3.63) is 29.6 Å². The molecule has 1 heterocycles. The average molecular weight is 340 g/mol. The molecule has 0 spiro atoms. The second kappa shape index (κ2) is 5.30. The molecule has 0 aliphatic carbocycles. The summed E-state index contributed by atoms with van der Waals surface area (Å²) in [6.07, 6.45) is 0. The fraction of sp³-hybridized carbons (Fsp3) is 0.273. The van der Waals surface area contributed by atoms with Gasteiger partial charge in [0.1, 0.15) is 0 Å². The van der Waals surface area contributed by atoms with E-state index < -0.39 is 43.3 Å². The van der Waals surface area contributed by atoms with Gasteiger partial charge < -0.3 is 0 Å². The van der Waals surface area contributed by atoms with Crippen molar-refractivity contribution < 1.29 is 21.6 Å². The lowest BCUT2D eigenvalue weighted by Gasteiger charge is -2.13. The van der Waals surface area contributed by atoms with E-state index in [4.69, 9.17) is 10.7 Å². The van der Waals surface area contributed by atoms with Gasteiger partial charge in [-0.2, -0.15) is 0 Å². The normalized spacial score (nSPS) is 12.1. The molecule has 1 aromatic heterocycles. The van der Waals surface area contributed by atoms with Gasteiger partial charge in [-0.3, -0.25) is 4.57 Å². The minimum absolute atomic E-state index is 0.263. The summed E-state index contributed by atoms with van der Waals surface area (Å²) in [4.78, 5) is 0. The van der Waals surface area contributed by atoms with Gasteiger partial charge in [-0.1, -0.05) is 0 Å². The van der Waals surface area contributed by atoms with Crippen molar-refractivity contribution in [2.45, 2.75) is 25.0 Å². The van der Waals surface area contributed by atoms with Gasteiger partial charge >= 0.3 is 0 Å². The van der Waals surface area contributed by atoms with Crippen LogP contribution >= 0.6 is 10.7 Å². The molecule has 0 atom stereocenters. The molecule has 114 valence electrons. The quantitative estimate of drug-likeness (QED) is 0.637. The van der Waals surface area contributed by atoms with Gasteiger partial charge in [0.25, 0.3) is 14.2 Å². The Morgan fingerprint density at radius 1 is 1.14 bits per heavy atom. The van der Waals surface area contributed by atoms with E-state index in [9.17, 15) is 21.6 Å². The second-order valence-corrected chi connectivity index (χ2v) is 6.89. The third-order valence-corrected chi connectivity index (χ3v) is 3.80. The van der Waals surface area contributed by atoms with Gasteiger partial charge in [0, 0.05) is 16.7 Å². The lowest BCUT2D eigenvalue weighted by molar-refractivity contribution is 0.447. The summed E-state index contributed by atoms with van der Waals surface area (Å²) in [5, 5.41) is 6.32. The smallest absolute Gasteiger partial charge is 0.294 e. The molecule has 2 rings (SSSR count). The number of benzene rings is 1. The van der Waals surface area contributed by atoms with E-state index >= 15 is 0 Å². The van der Waals surface area contributed by atoms with Crippen molar-refractivity contribution in [3.8, 4) is 11.4 Å². The van der Waals surface area contributed by atoms with E-state index in [1.165, 1.54) is 0 Å². The molecule has 2 aromatic rings. The van der Waals surface area contributed by atoms with Crippen LogP contribution in [-0.4, -0.2) is 23.2 Å². The predicted molar refractivity (Wildman–Crippen MR) is 68.8 cm³/mol. The summed E-state index contributed by atoms with van der Waals surface area (Å²) in [5.74, 6) is -4.79. The van der Waals surface area contributed by atoms with Crippen LogP contribution in [0.1, 0.15) is 19.9 Å². The number of nitrogens with zero attached hydrogens (tertiary/aromatic N) is 3. The molecule has 5 nitrogen and oxygen atoms in total. The summed E-state index contributed by atoms with van der Waals surface area (Å²) < 4.78 is 63.9. The summed E-state index contributed by atoms with van der Waals surface area (Å²) in [6.45, 7) is 3.16. The highest BCUT2D eigenvalue weighted by Crippen LogP contribution is 2.29. The number of rotatable bonds is 3. The minimum Gasteiger partial charge on any atom is -0.294 e. The average Bonchev–Trinajstić information content (AvgIpc) is 2.80. The zero-order valence-electron chi connectivity index (χ0n) is 10.8. The van der Waals surface area contributed by atoms with Gasteiger partial charge in [0.05, 0.1) is 5.56 Å². The summed E-state index contributed by atoms with van der Waals surface area (Å²) >= 11 is 0. The van der Waals surface area contributed by atoms with Gasteiger partial charge in [-0.05, 0) is 26.0 Å². The van der Waals surface area contributed by atoms with Gasteiger partial charge in [-0.25, -0.2) is 21.6 Å². The van der Waals surface area contributed by atoms with Crippen LogP contribution < -0.4 is 0 Å². The molecule has 1 aromatic carbocycles. The van der Waals surface area contributed by atoms with E-state index in [0.29, 0.717) is 6.07 Å². The number of hydrogen-bond donors (Lipinski definition) is 0. The Bertz CT molecular complexity index is 805. The Morgan fingerprint density at radius 3 is 2.29 bits per heavy atom. The van der Waals surface area contributed by atoms with E-state index in [2.05, 4.69) is 10.2 Å². The zero-order valence-corrected chi connectivity index (χ0v) is 12.4. The minimum atomic E-state index is -4.23. The molecule has 0 aliphatic heterocycles. The molecule has 0 amide bonds. The molecule has 0 aliphatic rings. The first-order valence-electron chi connectivity index (χ1n) is 5.68. The first kappa shape index (κ1) is 15.8. The van der Waals surface area contributed by atoms with E-state index in [1.54, 1.807) is 13.8 Å². The predicted octanol–water partition coefficient (Wildman–Crippen LogP) is 2.87. The van der Waals surface area contributed by atoms with Crippen LogP contribution in [-0.2, 0) is 9.05 Å². The standard InChI is InChI=1S/C11H9ClF3N3O2S/c1-5(2)18-10(16-17-11(18)21(12,19)20)6-3-4-7(13)9(15)8(6)14/h3-5H,1-2H3. The number of halogens is 4. The summed E-state index contributed by atoms with van der Waals surface area (Å²) in [6, 6.07) is 1.15. The summed E-state index contributed by atoms with van der Waals surface area (Å²) in [5.41, 5.74) is -0.415. The highest BCUT2D eigenvalue weighted by Gasteiger charge is 2.27. The maximum atomic E-state index is 13.8. The van der Waals surface area contributed by atoms with E-state index in [1.807, 2.05) is 0 Å². The van der Waals surface area contributed by atoms with Crippen molar-refractivity contribution in [1.29, 1.82) is 0 Å². The van der Waals surface area contributed by atoms with Crippen LogP contribution in [0.15, 0.2) is 17.3 Å². The molecule has 0 saturated carbocycles. The Kier molecular flexibility index (Phi) is 3.98. The third kappa shape index (κ3) is 2.75. The van der Waals surface area contributed by atoms with Crippen LogP contribution in [0.5, 0.6) is 0 Å². The van der Waals surface area contributed by atoms with Crippen molar-refractivity contribution >= 4 is 19.7 Å². The lowest BCUT2D eigenvalue weighted by atomic mass is 10.1. The highest BCUT2D eigenvalue weighted by molar-refractivity contribution is 8.13. The van der Waals surface area contributed by atoms with Gasteiger partial charge in [-0.15, -0.1) is 10.2 Å². The first-order valence-corrected chi connectivity index (χ1v) is 7.99. The van der Waals surface area contributed by atoms with Gasteiger partial charge in [0.2, 0.25) is 0 Å². The SMILES string of the molecule is CC(C)n1c(-c2ccc(F)c(F)c2F)nnc1S(=O)(=O)Cl. The maximum Gasteiger partial charge on any atom is 0.296 e. The van der Waals surface area contributed by atoms with Gasteiger partial charge in [0.15, 0.2) is 23.3 Å². The number of aromatic nitrogens is 3. The zero-order chi connectivity index (χ0) is 15.9. The second-order valence-electron chi connectivity index (χ2n) is 4.43. The molecule has 21 heavy (non-hydrogen) atoms. The molecule has 0 radical (unpaired) electrons. The Hall–Kier alpha value is -1.61. The van der Waals surface area contributed by atoms with E-state index in [0.717, 1.165) is 10.6 Å². The summed E-state index contributed by atoms with van der Waals surface area (Å²) in [7, 11) is 1.00. The highest BCUT2D eigenvalue weighted by atomic mass is 35.7. The monoisotopic (exact) mass is 339 g/mol. The largest absolute Gasteiger partial charge is 0.296 e. The Morgan fingerprint density at radius 2 is 1.76 bits per heavy atom. The third-order valence-electron chi connectivity index (χ3n) is 2.68. The van der Waals surface area contributed by atoms with Crippen LogP contribution in [0.4, 0.5) is 13.2 Å². The Labute approximate surface area is 122 Å². The molecule has 0 fully saturated rings. The fourth-order valence-electron chi connectivity index (χ4n) is 1.79. The van der Waals surface area contributed by atoms with Crippen LogP contribution in [0.25, 0.3) is 11.4 Å². The molecule has 0 unspecified atom stereocenters. The Balaban J connectivity index is 2.78. The lowest BCUT2D eigenvalue weighted by Crippen LogP contribution is -2.11. The van der Waals surface area contributed by atoms with E-state index in [-0.39, 0.29) is 5.82 Å². The van der Waals surface area contributed by atoms with Crippen LogP contribution in [0.2, 0.25) is 0 Å². The van der Waals surface area contributed by atoms with Crippen LogP contribution in [0.3, 0.4) is 0 Å². The first-order chi connectivity index (χ1) is 9.64.